The van der Waals surface area contributed by atoms with Crippen molar-refractivity contribution in [2.45, 2.75) is 12.6 Å². The van der Waals surface area contributed by atoms with E-state index in [4.69, 9.17) is 5.26 Å². The summed E-state index contributed by atoms with van der Waals surface area (Å²) in [6, 6.07) is 1.13. The lowest BCUT2D eigenvalue weighted by atomic mass is 10.1. The van der Waals surface area contributed by atoms with E-state index in [1.807, 2.05) is 0 Å². The minimum Gasteiger partial charge on any atom is -0.253 e. The fourth-order valence-corrected chi connectivity index (χ4v) is 1.77. The lowest BCUT2D eigenvalue weighted by molar-refractivity contribution is -0.138. The van der Waals surface area contributed by atoms with Crippen molar-refractivity contribution in [2.24, 2.45) is 0 Å². The maximum atomic E-state index is 12.5. The van der Waals surface area contributed by atoms with E-state index in [1.54, 1.807) is 0 Å². The van der Waals surface area contributed by atoms with Crippen LogP contribution in [-0.4, -0.2) is 4.98 Å². The lowest BCUT2D eigenvalue weighted by Gasteiger charge is -2.12. The van der Waals surface area contributed by atoms with Crippen LogP contribution >= 0.6 is 22.6 Å². The molecule has 86 valence electrons. The molecule has 2 nitrogen and oxygen atoms in total. The van der Waals surface area contributed by atoms with Gasteiger partial charge in [-0.15, -0.1) is 0 Å². The van der Waals surface area contributed by atoms with E-state index >= 15 is 0 Å². The van der Waals surface area contributed by atoms with Crippen molar-refractivity contribution in [1.29, 1.82) is 5.26 Å². The standard InChI is InChI=1S/C8H2F5IN2/c9-7(10)6-3(1-15)5(8(11,12)13)4(14)2-16-6/h2,7H. The maximum absolute atomic E-state index is 12.5. The van der Waals surface area contributed by atoms with Crippen molar-refractivity contribution < 1.29 is 22.0 Å². The van der Waals surface area contributed by atoms with Gasteiger partial charge < -0.3 is 0 Å². The molecule has 0 saturated carbocycles. The number of nitrogens with zero attached hydrogens (tertiary/aromatic N) is 2. The zero-order chi connectivity index (χ0) is 12.5. The summed E-state index contributed by atoms with van der Waals surface area (Å²) in [6.07, 6.45) is -7.40. The van der Waals surface area contributed by atoms with Gasteiger partial charge in [-0.25, -0.2) is 8.78 Å². The van der Waals surface area contributed by atoms with Gasteiger partial charge in [-0.2, -0.15) is 18.4 Å². The van der Waals surface area contributed by atoms with Crippen LogP contribution < -0.4 is 0 Å². The highest BCUT2D eigenvalue weighted by Crippen LogP contribution is 2.37. The van der Waals surface area contributed by atoms with Crippen LogP contribution in [0, 0.1) is 14.9 Å². The Bertz CT molecular complexity index is 449. The van der Waals surface area contributed by atoms with Gasteiger partial charge in [0.15, 0.2) is 0 Å². The third-order valence-corrected chi connectivity index (χ3v) is 2.48. The first-order valence-electron chi connectivity index (χ1n) is 3.73. The summed E-state index contributed by atoms with van der Waals surface area (Å²) in [6.45, 7) is 0. The molecular weight excluding hydrogens is 346 g/mol. The first kappa shape index (κ1) is 13.1. The monoisotopic (exact) mass is 348 g/mol. The van der Waals surface area contributed by atoms with Crippen LogP contribution in [0.2, 0.25) is 0 Å². The Labute approximate surface area is 100 Å². The minimum atomic E-state index is -4.85. The molecule has 0 fully saturated rings. The molecule has 0 N–H and O–H groups in total. The summed E-state index contributed by atoms with van der Waals surface area (Å²) in [5, 5.41) is 8.51. The number of rotatable bonds is 1. The van der Waals surface area contributed by atoms with Crippen LogP contribution in [0.1, 0.15) is 23.2 Å². The van der Waals surface area contributed by atoms with E-state index < -0.39 is 29.4 Å². The van der Waals surface area contributed by atoms with Gasteiger partial charge in [-0.3, -0.25) is 4.98 Å². The SMILES string of the molecule is N#Cc1c(C(F)F)ncc(I)c1C(F)(F)F. The van der Waals surface area contributed by atoms with Gasteiger partial charge in [-0.05, 0) is 22.6 Å². The number of hydrogen-bond donors (Lipinski definition) is 0. The van der Waals surface area contributed by atoms with Gasteiger partial charge in [0.2, 0.25) is 0 Å². The van der Waals surface area contributed by atoms with Crippen LogP contribution in [0.5, 0.6) is 0 Å². The summed E-state index contributed by atoms with van der Waals surface area (Å²) in [5.41, 5.74) is -3.62. The first-order chi connectivity index (χ1) is 7.29. The van der Waals surface area contributed by atoms with E-state index in [0.717, 1.165) is 6.07 Å². The Morgan fingerprint density at radius 2 is 1.94 bits per heavy atom. The third-order valence-electron chi connectivity index (χ3n) is 1.66. The Morgan fingerprint density at radius 3 is 2.31 bits per heavy atom. The molecule has 0 atom stereocenters. The summed E-state index contributed by atoms with van der Waals surface area (Å²) in [5.74, 6) is 0. The molecule has 0 aliphatic rings. The Balaban J connectivity index is 3.60. The summed E-state index contributed by atoms with van der Waals surface area (Å²) < 4.78 is 61.8. The van der Waals surface area contributed by atoms with Gasteiger partial charge in [-0.1, -0.05) is 0 Å². The molecule has 1 rings (SSSR count). The van der Waals surface area contributed by atoms with E-state index in [9.17, 15) is 22.0 Å². The normalized spacial score (nSPS) is 11.6. The molecule has 0 unspecified atom stereocenters. The van der Waals surface area contributed by atoms with Crippen molar-refractivity contribution in [1.82, 2.24) is 4.98 Å². The second kappa shape index (κ2) is 4.48. The van der Waals surface area contributed by atoms with Gasteiger partial charge >= 0.3 is 6.18 Å². The first-order valence-corrected chi connectivity index (χ1v) is 4.80. The van der Waals surface area contributed by atoms with Gasteiger partial charge in [0.25, 0.3) is 6.43 Å². The summed E-state index contributed by atoms with van der Waals surface area (Å²) in [7, 11) is 0. The van der Waals surface area contributed by atoms with Crippen LogP contribution in [0.25, 0.3) is 0 Å². The summed E-state index contributed by atoms with van der Waals surface area (Å²) >= 11 is 1.30. The molecule has 0 saturated heterocycles. The molecule has 1 aromatic heterocycles. The van der Waals surface area contributed by atoms with E-state index in [0.29, 0.717) is 6.20 Å². The number of aromatic nitrogens is 1. The molecule has 0 bridgehead atoms. The van der Waals surface area contributed by atoms with E-state index in [2.05, 4.69) is 4.98 Å². The quantitative estimate of drug-likeness (QED) is 0.575. The van der Waals surface area contributed by atoms with Crippen molar-refractivity contribution in [3.63, 3.8) is 0 Å². The van der Waals surface area contributed by atoms with Crippen LogP contribution in [0.15, 0.2) is 6.20 Å². The second-order valence-corrected chi connectivity index (χ2v) is 3.81. The highest BCUT2D eigenvalue weighted by Gasteiger charge is 2.38. The lowest BCUT2D eigenvalue weighted by Crippen LogP contribution is -2.13. The minimum absolute atomic E-state index is 0.383. The Morgan fingerprint density at radius 1 is 1.38 bits per heavy atom. The number of nitriles is 1. The third kappa shape index (κ3) is 2.40. The molecule has 0 aliphatic carbocycles. The van der Waals surface area contributed by atoms with Crippen molar-refractivity contribution in [3.05, 3.63) is 26.6 Å². The average Bonchev–Trinajstić information content (AvgIpc) is 2.14. The molecule has 0 spiro atoms. The molecule has 0 aliphatic heterocycles. The van der Waals surface area contributed by atoms with Gasteiger partial charge in [0.05, 0.1) is 11.1 Å². The molecular formula is C8H2F5IN2. The highest BCUT2D eigenvalue weighted by molar-refractivity contribution is 14.1. The second-order valence-electron chi connectivity index (χ2n) is 2.65. The summed E-state index contributed by atoms with van der Waals surface area (Å²) in [4.78, 5) is 3.14. The van der Waals surface area contributed by atoms with Gasteiger partial charge in [0.1, 0.15) is 11.8 Å². The topological polar surface area (TPSA) is 36.7 Å². The van der Waals surface area contributed by atoms with Crippen molar-refractivity contribution in [2.75, 3.05) is 0 Å². The fourth-order valence-electron chi connectivity index (χ4n) is 1.06. The number of pyridine rings is 1. The predicted molar refractivity (Wildman–Crippen MR) is 51.6 cm³/mol. The molecule has 0 amide bonds. The molecule has 0 aromatic carbocycles. The average molecular weight is 348 g/mol. The zero-order valence-electron chi connectivity index (χ0n) is 7.32. The number of halogens is 6. The number of hydrogen-bond acceptors (Lipinski definition) is 2. The number of alkyl halides is 5. The van der Waals surface area contributed by atoms with Crippen LogP contribution in [0.4, 0.5) is 22.0 Å². The van der Waals surface area contributed by atoms with Crippen LogP contribution in [-0.2, 0) is 6.18 Å². The Hall–Kier alpha value is -0.980. The molecule has 8 heteroatoms. The zero-order valence-corrected chi connectivity index (χ0v) is 9.47. The fraction of sp³-hybridized carbons (Fsp3) is 0.250. The van der Waals surface area contributed by atoms with Crippen molar-refractivity contribution >= 4 is 22.6 Å². The van der Waals surface area contributed by atoms with Crippen molar-refractivity contribution in [3.8, 4) is 6.07 Å². The van der Waals surface area contributed by atoms with E-state index in [1.165, 1.54) is 22.6 Å². The van der Waals surface area contributed by atoms with E-state index in [-0.39, 0.29) is 3.57 Å². The molecule has 16 heavy (non-hydrogen) atoms. The maximum Gasteiger partial charge on any atom is 0.418 e. The largest absolute Gasteiger partial charge is 0.418 e. The molecule has 1 heterocycles. The molecule has 1 aromatic rings. The molecule has 0 radical (unpaired) electrons. The smallest absolute Gasteiger partial charge is 0.253 e. The highest BCUT2D eigenvalue weighted by atomic mass is 127. The Kier molecular flexibility index (Phi) is 3.67. The van der Waals surface area contributed by atoms with Gasteiger partial charge in [0, 0.05) is 9.77 Å². The van der Waals surface area contributed by atoms with Crippen LogP contribution in [0.3, 0.4) is 0 Å². The predicted octanol–water partition coefficient (Wildman–Crippen LogP) is 3.51.